The molecule has 4 aliphatic heterocycles. The average Bonchev–Trinajstić information content (AvgIpc) is 3.09. The van der Waals surface area contributed by atoms with Gasteiger partial charge in [-0.1, -0.05) is 26.3 Å². The van der Waals surface area contributed by atoms with Gasteiger partial charge in [0.1, 0.15) is 18.0 Å². The third-order valence-corrected chi connectivity index (χ3v) is 10.3. The Morgan fingerprint density at radius 1 is 0.979 bits per heavy atom. The number of anilines is 1. The van der Waals surface area contributed by atoms with Gasteiger partial charge < -0.3 is 34.0 Å². The molecule has 0 spiro atoms. The molecular weight excluding hydrogens is 601 g/mol. The number of esters is 1. The molecule has 0 bridgehead atoms. The summed E-state index contributed by atoms with van der Waals surface area (Å²) in [4.78, 5) is 32.9. The number of piperidine rings is 2. The molecule has 9 nitrogen and oxygen atoms in total. The van der Waals surface area contributed by atoms with Gasteiger partial charge in [0.25, 0.3) is 0 Å². The third-order valence-electron chi connectivity index (χ3n) is 10.3. The molecule has 4 aliphatic rings. The quantitative estimate of drug-likeness (QED) is 0.314. The Morgan fingerprint density at radius 3 is 2.43 bits per heavy atom. The molecule has 1 amide bonds. The van der Waals surface area contributed by atoms with Crippen molar-refractivity contribution in [3.63, 3.8) is 0 Å². The van der Waals surface area contributed by atoms with E-state index in [0.29, 0.717) is 56.3 Å². The Morgan fingerprint density at radius 2 is 1.70 bits per heavy atom. The van der Waals surface area contributed by atoms with Gasteiger partial charge in [0.15, 0.2) is 0 Å². The minimum atomic E-state index is -0.874. The Labute approximate surface area is 279 Å². The van der Waals surface area contributed by atoms with Crippen molar-refractivity contribution >= 4 is 23.8 Å². The molecule has 47 heavy (non-hydrogen) atoms. The number of rotatable bonds is 5. The molecule has 1 aromatic rings. The summed E-state index contributed by atoms with van der Waals surface area (Å²) in [7, 11) is 0. The first-order valence-corrected chi connectivity index (χ1v) is 17.7. The van der Waals surface area contributed by atoms with Gasteiger partial charge in [-0.2, -0.15) is 0 Å². The molecular formula is C37H54FN3O6. The minimum Gasteiger partial charge on any atom is -0.457 e. The van der Waals surface area contributed by atoms with E-state index in [4.69, 9.17) is 14.2 Å². The fraction of sp³-hybridized carbons (Fsp3) is 0.676. The Kier molecular flexibility index (Phi) is 12.7. The lowest BCUT2D eigenvalue weighted by molar-refractivity contribution is -0.151. The topological polar surface area (TPSA) is 91.8 Å². The van der Waals surface area contributed by atoms with Gasteiger partial charge in [-0.25, -0.2) is 9.18 Å². The predicted octanol–water partition coefficient (Wildman–Crippen LogP) is 5.81. The van der Waals surface area contributed by atoms with Crippen molar-refractivity contribution in [3.05, 3.63) is 47.3 Å². The van der Waals surface area contributed by atoms with Crippen molar-refractivity contribution in [2.24, 2.45) is 11.8 Å². The largest absolute Gasteiger partial charge is 0.457 e. The number of morpholine rings is 1. The number of amides is 1. The average molecular weight is 656 g/mol. The monoisotopic (exact) mass is 655 g/mol. The van der Waals surface area contributed by atoms with Gasteiger partial charge in [-0.05, 0) is 100 Å². The fourth-order valence-corrected chi connectivity index (χ4v) is 7.32. The highest BCUT2D eigenvalue weighted by atomic mass is 19.1. The molecule has 3 saturated heterocycles. The lowest BCUT2D eigenvalue weighted by atomic mass is 9.91. The number of hydrogen-bond donors (Lipinski definition) is 1. The van der Waals surface area contributed by atoms with Gasteiger partial charge in [-0.3, -0.25) is 4.79 Å². The minimum absolute atomic E-state index is 0.0644. The number of nitrogens with zero attached hydrogens (tertiary/aromatic N) is 3. The van der Waals surface area contributed by atoms with E-state index in [-0.39, 0.29) is 30.2 Å². The summed E-state index contributed by atoms with van der Waals surface area (Å²) in [5.74, 6) is -1.22. The lowest BCUT2D eigenvalue weighted by Crippen LogP contribution is -2.48. The summed E-state index contributed by atoms with van der Waals surface area (Å²) < 4.78 is 32.6. The van der Waals surface area contributed by atoms with E-state index in [0.717, 1.165) is 44.7 Å². The molecule has 4 heterocycles. The molecule has 0 radical (unpaired) electrons. The lowest BCUT2D eigenvalue weighted by Gasteiger charge is -2.40. The Bertz CT molecular complexity index is 1250. The highest BCUT2D eigenvalue weighted by molar-refractivity contribution is 5.71. The molecule has 0 unspecified atom stereocenters. The van der Waals surface area contributed by atoms with Crippen LogP contribution < -0.4 is 4.90 Å². The van der Waals surface area contributed by atoms with Gasteiger partial charge in [0.2, 0.25) is 0 Å². The van der Waals surface area contributed by atoms with Crippen molar-refractivity contribution in [3.8, 4) is 0 Å². The molecule has 0 aromatic heterocycles. The standard InChI is InChI=1S/C37H54FN3O6/c1-26-7-10-32(42)25-35(43)47-36(28(3)23-29-24-31(9-11-33(29)38)40-19-21-45-22-20-40)27(2)8-12-34(26)46-37(44)41-17-13-30(14-18-41)39-15-5-4-6-16-39/h8-9,11-12,23-24,26-27,30,32,34,36,42H,4-7,10,13-22,25H2,1-3H3/b12-8+,28-23+/t26-,27-,32+,34-,36-/m0/s1. The Hall–Kier alpha value is -2.95. The number of ether oxygens (including phenoxy) is 3. The van der Waals surface area contributed by atoms with E-state index in [1.54, 1.807) is 12.1 Å². The molecule has 0 aliphatic carbocycles. The molecule has 260 valence electrons. The van der Waals surface area contributed by atoms with Crippen molar-refractivity contribution in [1.82, 2.24) is 9.80 Å². The maximum Gasteiger partial charge on any atom is 0.410 e. The smallest absolute Gasteiger partial charge is 0.410 e. The summed E-state index contributed by atoms with van der Waals surface area (Å²) >= 11 is 0. The highest BCUT2D eigenvalue weighted by Crippen LogP contribution is 2.28. The maximum atomic E-state index is 15.0. The van der Waals surface area contributed by atoms with Gasteiger partial charge in [0.05, 0.1) is 25.7 Å². The fourth-order valence-electron chi connectivity index (χ4n) is 7.32. The number of aliphatic hydroxyl groups is 1. The van der Waals surface area contributed by atoms with Crippen LogP contribution in [0.15, 0.2) is 35.9 Å². The van der Waals surface area contributed by atoms with E-state index in [2.05, 4.69) is 9.80 Å². The SMILES string of the molecule is C/C(=C\c1cc(N2CCOCC2)ccc1F)[C@H]1OC(=O)C[C@H](O)CC[C@H](C)[C@@H](OC(=O)N2CCC(N3CCCCC3)CC2)/C=C/[C@@H]1C. The number of halogens is 1. The number of aliphatic hydroxyl groups excluding tert-OH is 1. The summed E-state index contributed by atoms with van der Waals surface area (Å²) in [6.07, 6.45) is 9.78. The Balaban J connectivity index is 1.30. The zero-order chi connectivity index (χ0) is 33.3. The van der Waals surface area contributed by atoms with Gasteiger partial charge >= 0.3 is 12.1 Å². The van der Waals surface area contributed by atoms with E-state index in [1.807, 2.05) is 43.9 Å². The van der Waals surface area contributed by atoms with E-state index in [9.17, 15) is 14.7 Å². The van der Waals surface area contributed by atoms with Crippen LogP contribution in [0.4, 0.5) is 14.9 Å². The maximum absolute atomic E-state index is 15.0. The van der Waals surface area contributed by atoms with Gasteiger partial charge in [0, 0.05) is 49.4 Å². The van der Waals surface area contributed by atoms with Crippen LogP contribution in [-0.4, -0.2) is 104 Å². The third kappa shape index (κ3) is 9.80. The number of carbonyl (C=O) groups excluding carboxylic acids is 2. The van der Waals surface area contributed by atoms with Crippen LogP contribution in [0.25, 0.3) is 6.08 Å². The highest BCUT2D eigenvalue weighted by Gasteiger charge is 2.31. The second-order valence-corrected chi connectivity index (χ2v) is 13.9. The first kappa shape index (κ1) is 35.4. The number of benzene rings is 1. The normalized spacial score (nSPS) is 30.2. The van der Waals surface area contributed by atoms with E-state index < -0.39 is 24.3 Å². The second kappa shape index (κ2) is 16.9. The van der Waals surface area contributed by atoms with Crippen molar-refractivity contribution in [2.45, 2.75) is 96.5 Å². The van der Waals surface area contributed by atoms with Crippen LogP contribution in [0.3, 0.4) is 0 Å². The van der Waals surface area contributed by atoms with Crippen LogP contribution in [0.1, 0.15) is 77.7 Å². The van der Waals surface area contributed by atoms with Crippen LogP contribution in [-0.2, 0) is 19.0 Å². The van der Waals surface area contributed by atoms with Crippen LogP contribution >= 0.6 is 0 Å². The van der Waals surface area contributed by atoms with E-state index in [1.165, 1.54) is 25.3 Å². The summed E-state index contributed by atoms with van der Waals surface area (Å²) in [6.45, 7) is 12.2. The zero-order valence-corrected chi connectivity index (χ0v) is 28.4. The molecule has 10 heteroatoms. The molecule has 1 N–H and O–H groups in total. The van der Waals surface area contributed by atoms with Crippen LogP contribution in [0, 0.1) is 17.7 Å². The molecule has 1 aromatic carbocycles. The molecule has 0 saturated carbocycles. The van der Waals surface area contributed by atoms with Crippen LogP contribution in [0.5, 0.6) is 0 Å². The zero-order valence-electron chi connectivity index (χ0n) is 28.4. The number of likely N-dealkylation sites (tertiary alicyclic amines) is 2. The van der Waals surface area contributed by atoms with Crippen molar-refractivity contribution in [2.75, 3.05) is 57.4 Å². The molecule has 5 atom stereocenters. The first-order valence-electron chi connectivity index (χ1n) is 17.7. The van der Waals surface area contributed by atoms with Crippen molar-refractivity contribution in [1.29, 1.82) is 0 Å². The second-order valence-electron chi connectivity index (χ2n) is 13.9. The molecule has 3 fully saturated rings. The summed E-state index contributed by atoms with van der Waals surface area (Å²) in [5.41, 5.74) is 2.00. The van der Waals surface area contributed by atoms with E-state index >= 15 is 4.39 Å². The number of hydrogen-bond acceptors (Lipinski definition) is 8. The summed E-state index contributed by atoms with van der Waals surface area (Å²) in [5, 5.41) is 10.7. The number of carbonyl (C=O) groups is 2. The summed E-state index contributed by atoms with van der Waals surface area (Å²) in [6, 6.07) is 5.59. The van der Waals surface area contributed by atoms with Crippen LogP contribution in [0.2, 0.25) is 0 Å². The predicted molar refractivity (Wildman–Crippen MR) is 181 cm³/mol. The number of cyclic esters (lactones) is 1. The van der Waals surface area contributed by atoms with Gasteiger partial charge in [-0.15, -0.1) is 0 Å². The first-order chi connectivity index (χ1) is 22.7. The molecule has 5 rings (SSSR count). The van der Waals surface area contributed by atoms with Crippen molar-refractivity contribution < 1.29 is 33.3 Å².